The van der Waals surface area contributed by atoms with Gasteiger partial charge in [-0.3, -0.25) is 5.10 Å². The summed E-state index contributed by atoms with van der Waals surface area (Å²) >= 11 is 0. The number of urea groups is 1. The Labute approximate surface area is 64.2 Å². The number of rotatable bonds is 2. The second kappa shape index (κ2) is 3.05. The molecule has 0 atom stereocenters. The Kier molecular flexibility index (Phi) is 2.10. The van der Waals surface area contributed by atoms with Gasteiger partial charge in [0.25, 0.3) is 0 Å². The quantitative estimate of drug-likeness (QED) is 0.625. The van der Waals surface area contributed by atoms with E-state index in [1.54, 1.807) is 19.4 Å². The lowest BCUT2D eigenvalue weighted by atomic mass is 10.3. The molecule has 0 fully saturated rings. The van der Waals surface area contributed by atoms with E-state index in [0.29, 0.717) is 6.54 Å². The minimum atomic E-state index is -0.439. The van der Waals surface area contributed by atoms with E-state index in [9.17, 15) is 4.79 Å². The lowest BCUT2D eigenvalue weighted by molar-refractivity contribution is 0.216. The number of nitrogens with two attached hydrogens (primary N) is 1. The molecule has 5 nitrogen and oxygen atoms in total. The maximum absolute atomic E-state index is 10.5. The predicted octanol–water partition coefficient (Wildman–Crippen LogP) is -0.0798. The van der Waals surface area contributed by atoms with Gasteiger partial charge in [-0.1, -0.05) is 0 Å². The Morgan fingerprint density at radius 1 is 1.91 bits per heavy atom. The Hall–Kier alpha value is -1.52. The highest BCUT2D eigenvalue weighted by atomic mass is 16.2. The minimum absolute atomic E-state index is 0.439. The van der Waals surface area contributed by atoms with Gasteiger partial charge in [-0.2, -0.15) is 5.10 Å². The van der Waals surface area contributed by atoms with Crippen molar-refractivity contribution in [2.24, 2.45) is 5.73 Å². The van der Waals surface area contributed by atoms with Gasteiger partial charge in [0.15, 0.2) is 0 Å². The zero-order valence-electron chi connectivity index (χ0n) is 6.24. The van der Waals surface area contributed by atoms with E-state index < -0.39 is 6.03 Å². The fourth-order valence-corrected chi connectivity index (χ4v) is 0.716. The van der Waals surface area contributed by atoms with Crippen molar-refractivity contribution in [3.63, 3.8) is 0 Å². The van der Waals surface area contributed by atoms with Crippen molar-refractivity contribution in [2.75, 3.05) is 7.05 Å². The van der Waals surface area contributed by atoms with Gasteiger partial charge in [0.05, 0.1) is 12.7 Å². The molecule has 0 saturated carbocycles. The Morgan fingerprint density at radius 3 is 3.09 bits per heavy atom. The molecule has 5 heteroatoms. The van der Waals surface area contributed by atoms with E-state index >= 15 is 0 Å². The van der Waals surface area contributed by atoms with E-state index in [4.69, 9.17) is 5.73 Å². The van der Waals surface area contributed by atoms with Crippen LogP contribution in [0.5, 0.6) is 0 Å². The van der Waals surface area contributed by atoms with Gasteiger partial charge in [0.2, 0.25) is 0 Å². The maximum atomic E-state index is 10.5. The number of primary amides is 1. The molecular weight excluding hydrogens is 144 g/mol. The molecular formula is C6H10N4O. The molecule has 0 radical (unpaired) electrons. The molecule has 1 rings (SSSR count). The van der Waals surface area contributed by atoms with Gasteiger partial charge >= 0.3 is 6.03 Å². The van der Waals surface area contributed by atoms with Crippen molar-refractivity contribution >= 4 is 6.03 Å². The number of aromatic amines is 1. The van der Waals surface area contributed by atoms with E-state index in [2.05, 4.69) is 10.2 Å². The summed E-state index contributed by atoms with van der Waals surface area (Å²) in [4.78, 5) is 12.0. The SMILES string of the molecule is CN(Cc1cn[nH]c1)C(N)=O. The third-order valence-electron chi connectivity index (χ3n) is 1.35. The van der Waals surface area contributed by atoms with Gasteiger partial charge in [-0.05, 0) is 0 Å². The number of nitrogens with one attached hydrogen (secondary N) is 1. The highest BCUT2D eigenvalue weighted by Gasteiger charge is 2.03. The molecule has 0 spiro atoms. The Morgan fingerprint density at radius 2 is 2.64 bits per heavy atom. The summed E-state index contributed by atoms with van der Waals surface area (Å²) in [5.74, 6) is 0. The largest absolute Gasteiger partial charge is 0.351 e. The first kappa shape index (κ1) is 7.59. The van der Waals surface area contributed by atoms with Crippen LogP contribution in [0.4, 0.5) is 4.79 Å². The fourth-order valence-electron chi connectivity index (χ4n) is 0.716. The van der Waals surface area contributed by atoms with Crippen LogP contribution in [0, 0.1) is 0 Å². The topological polar surface area (TPSA) is 75.0 Å². The highest BCUT2D eigenvalue weighted by Crippen LogP contribution is 1.97. The zero-order chi connectivity index (χ0) is 8.27. The molecule has 0 unspecified atom stereocenters. The minimum Gasteiger partial charge on any atom is -0.351 e. The van der Waals surface area contributed by atoms with E-state index in [-0.39, 0.29) is 0 Å². The molecule has 11 heavy (non-hydrogen) atoms. The number of H-pyrrole nitrogens is 1. The van der Waals surface area contributed by atoms with E-state index in [1.165, 1.54) is 4.90 Å². The number of hydrogen-bond acceptors (Lipinski definition) is 2. The smallest absolute Gasteiger partial charge is 0.314 e. The first-order valence-corrected chi connectivity index (χ1v) is 3.18. The lowest BCUT2D eigenvalue weighted by Gasteiger charge is -2.11. The Balaban J connectivity index is 2.50. The summed E-state index contributed by atoms with van der Waals surface area (Å²) in [6.07, 6.45) is 3.37. The molecule has 3 N–H and O–H groups in total. The van der Waals surface area contributed by atoms with Crippen molar-refractivity contribution in [3.05, 3.63) is 18.0 Å². The molecule has 1 heterocycles. The van der Waals surface area contributed by atoms with Crippen LogP contribution in [-0.4, -0.2) is 28.2 Å². The standard InChI is InChI=1S/C6H10N4O/c1-10(6(7)11)4-5-2-8-9-3-5/h2-3H,4H2,1H3,(H2,7,11)(H,8,9). The van der Waals surface area contributed by atoms with Crippen molar-refractivity contribution in [2.45, 2.75) is 6.54 Å². The second-order valence-corrected chi connectivity index (χ2v) is 2.30. The van der Waals surface area contributed by atoms with Crippen LogP contribution in [0.25, 0.3) is 0 Å². The first-order valence-electron chi connectivity index (χ1n) is 3.18. The molecule has 0 saturated heterocycles. The van der Waals surface area contributed by atoms with E-state index in [0.717, 1.165) is 5.56 Å². The number of carbonyl (C=O) groups excluding carboxylic acids is 1. The molecule has 0 aliphatic heterocycles. The van der Waals surface area contributed by atoms with Crippen molar-refractivity contribution in [1.82, 2.24) is 15.1 Å². The number of amides is 2. The predicted molar refractivity (Wildman–Crippen MR) is 39.6 cm³/mol. The van der Waals surface area contributed by atoms with Crippen LogP contribution in [0.3, 0.4) is 0 Å². The molecule has 0 aromatic carbocycles. The number of aromatic nitrogens is 2. The third kappa shape index (κ3) is 1.96. The summed E-state index contributed by atoms with van der Waals surface area (Å²) in [6, 6.07) is -0.439. The highest BCUT2D eigenvalue weighted by molar-refractivity contribution is 5.71. The van der Waals surface area contributed by atoms with Crippen LogP contribution in [-0.2, 0) is 6.54 Å². The van der Waals surface area contributed by atoms with Crippen molar-refractivity contribution < 1.29 is 4.79 Å². The number of carbonyl (C=O) groups is 1. The van der Waals surface area contributed by atoms with Gasteiger partial charge in [0, 0.05) is 18.8 Å². The molecule has 0 bridgehead atoms. The van der Waals surface area contributed by atoms with Crippen LogP contribution in [0.15, 0.2) is 12.4 Å². The number of nitrogens with zero attached hydrogens (tertiary/aromatic N) is 2. The van der Waals surface area contributed by atoms with E-state index in [1.807, 2.05) is 0 Å². The van der Waals surface area contributed by atoms with Crippen molar-refractivity contribution in [3.8, 4) is 0 Å². The summed E-state index contributed by atoms with van der Waals surface area (Å²) in [6.45, 7) is 0.492. The van der Waals surface area contributed by atoms with Crippen LogP contribution in [0.1, 0.15) is 5.56 Å². The zero-order valence-corrected chi connectivity index (χ0v) is 6.24. The molecule has 1 aromatic rings. The molecule has 60 valence electrons. The summed E-state index contributed by atoms with van der Waals surface area (Å²) < 4.78 is 0. The van der Waals surface area contributed by atoms with Gasteiger partial charge < -0.3 is 10.6 Å². The summed E-state index contributed by atoms with van der Waals surface area (Å²) in [5, 5.41) is 6.38. The fraction of sp³-hybridized carbons (Fsp3) is 0.333. The maximum Gasteiger partial charge on any atom is 0.314 e. The van der Waals surface area contributed by atoms with Crippen LogP contribution < -0.4 is 5.73 Å². The van der Waals surface area contributed by atoms with Gasteiger partial charge in [0.1, 0.15) is 0 Å². The molecule has 0 aliphatic carbocycles. The average Bonchev–Trinajstić information content (AvgIpc) is 2.39. The average molecular weight is 154 g/mol. The first-order chi connectivity index (χ1) is 5.20. The second-order valence-electron chi connectivity index (χ2n) is 2.30. The normalized spacial score (nSPS) is 9.55. The van der Waals surface area contributed by atoms with Gasteiger partial charge in [-0.25, -0.2) is 4.79 Å². The van der Waals surface area contributed by atoms with Crippen LogP contribution in [0.2, 0.25) is 0 Å². The monoisotopic (exact) mass is 154 g/mol. The molecule has 1 aromatic heterocycles. The van der Waals surface area contributed by atoms with Gasteiger partial charge in [-0.15, -0.1) is 0 Å². The van der Waals surface area contributed by atoms with Crippen molar-refractivity contribution in [1.29, 1.82) is 0 Å². The third-order valence-corrected chi connectivity index (χ3v) is 1.35. The number of hydrogen-bond donors (Lipinski definition) is 2. The Bertz CT molecular complexity index is 231. The summed E-state index contributed by atoms with van der Waals surface area (Å²) in [7, 11) is 1.63. The summed E-state index contributed by atoms with van der Waals surface area (Å²) in [5.41, 5.74) is 5.95. The molecule has 0 aliphatic rings. The molecule has 2 amide bonds. The lowest BCUT2D eigenvalue weighted by Crippen LogP contribution is -2.31. The van der Waals surface area contributed by atoms with Crippen LogP contribution >= 0.6 is 0 Å².